The number of nitrogens with two attached hydrogens (primary N) is 1. The monoisotopic (exact) mass is 385 g/mol. The molecule has 148 valence electrons. The quantitative estimate of drug-likeness (QED) is 0.620. The Hall–Kier alpha value is -2.81. The van der Waals surface area contributed by atoms with Crippen LogP contribution in [0.3, 0.4) is 0 Å². The van der Waals surface area contributed by atoms with E-state index in [4.69, 9.17) is 24.7 Å². The van der Waals surface area contributed by atoms with Crippen LogP contribution in [0.1, 0.15) is 32.3 Å². The van der Waals surface area contributed by atoms with Crippen molar-refractivity contribution in [3.63, 3.8) is 0 Å². The molecular weight excluding hydrogens is 360 g/mol. The van der Waals surface area contributed by atoms with Crippen molar-refractivity contribution in [2.24, 2.45) is 16.6 Å². The number of fused-ring (bicyclic) bond motifs is 1. The number of ether oxygens (including phenoxy) is 4. The average Bonchev–Trinajstić information content (AvgIpc) is 3.27. The van der Waals surface area contributed by atoms with Gasteiger partial charge < -0.3 is 18.9 Å². The van der Waals surface area contributed by atoms with Crippen LogP contribution in [-0.2, 0) is 9.47 Å². The molecule has 1 aliphatic carbocycles. The van der Waals surface area contributed by atoms with Crippen molar-refractivity contribution in [2.45, 2.75) is 32.6 Å². The number of benzene rings is 1. The molecule has 1 aromatic carbocycles. The third kappa shape index (κ3) is 2.19. The van der Waals surface area contributed by atoms with Crippen molar-refractivity contribution >= 4 is 5.84 Å². The number of nitrogens with one attached hydrogen (secondary N) is 1. The number of rotatable bonds is 8. The van der Waals surface area contributed by atoms with Gasteiger partial charge in [0.2, 0.25) is 0 Å². The van der Waals surface area contributed by atoms with Gasteiger partial charge in [-0.15, -0.1) is 0 Å². The molecule has 1 aromatic rings. The van der Waals surface area contributed by atoms with Gasteiger partial charge in [0, 0.05) is 5.92 Å². The highest BCUT2D eigenvalue weighted by atomic mass is 16.7. The van der Waals surface area contributed by atoms with Crippen LogP contribution < -0.4 is 20.2 Å². The van der Waals surface area contributed by atoms with Crippen molar-refractivity contribution in [1.29, 1.82) is 10.5 Å². The smallest absolute Gasteiger partial charge is 0.343 e. The summed E-state index contributed by atoms with van der Waals surface area (Å²) in [5.74, 6) is -0.750. The van der Waals surface area contributed by atoms with Gasteiger partial charge >= 0.3 is 5.91 Å². The molecule has 0 spiro atoms. The lowest BCUT2D eigenvalue weighted by atomic mass is 9.93. The van der Waals surface area contributed by atoms with Gasteiger partial charge in [-0.25, -0.2) is 4.99 Å². The molecule has 0 saturated heterocycles. The molecule has 0 aromatic heterocycles. The fraction of sp³-hybridized carbons (Fsp3) is 0.550. The number of hydrogen-bond donors (Lipinski definition) is 2. The van der Waals surface area contributed by atoms with Crippen LogP contribution in [0.4, 0.5) is 0 Å². The molecule has 0 unspecified atom stereocenters. The van der Waals surface area contributed by atoms with E-state index < -0.39 is 22.7 Å². The zero-order chi connectivity index (χ0) is 20.6. The number of nitrogens with zero attached hydrogens (tertiary/aromatic N) is 2. The van der Waals surface area contributed by atoms with Crippen LogP contribution in [0.5, 0.6) is 11.5 Å². The highest BCUT2D eigenvalue weighted by Crippen LogP contribution is 2.78. The third-order valence-electron chi connectivity index (χ3n) is 5.52. The van der Waals surface area contributed by atoms with Gasteiger partial charge in [-0.05, 0) is 38.5 Å². The number of methoxy groups -OCH3 is 1. The molecule has 1 saturated carbocycles. The Morgan fingerprint density at radius 3 is 2.25 bits per heavy atom. The summed E-state index contributed by atoms with van der Waals surface area (Å²) in [6.07, 6.45) is 0. The summed E-state index contributed by atoms with van der Waals surface area (Å²) in [6.45, 7) is 6.54. The van der Waals surface area contributed by atoms with E-state index in [0.29, 0.717) is 18.1 Å². The van der Waals surface area contributed by atoms with E-state index in [1.807, 2.05) is 13.0 Å². The molecule has 8 heteroatoms. The molecule has 0 bridgehead atoms. The van der Waals surface area contributed by atoms with Crippen LogP contribution >= 0.6 is 0 Å². The first kappa shape index (κ1) is 19.9. The summed E-state index contributed by atoms with van der Waals surface area (Å²) >= 11 is 0. The second-order valence-electron chi connectivity index (χ2n) is 6.64. The van der Waals surface area contributed by atoms with E-state index in [0.717, 1.165) is 5.56 Å². The predicted octanol–water partition coefficient (Wildman–Crippen LogP) is 0.389. The first-order valence-corrected chi connectivity index (χ1v) is 9.30. The minimum atomic E-state index is -1.50. The number of hydrogen-bond acceptors (Lipinski definition) is 7. The molecular formula is C20H25N4O4+. The van der Waals surface area contributed by atoms with Gasteiger partial charge in [-0.3, -0.25) is 5.73 Å². The lowest BCUT2D eigenvalue weighted by molar-refractivity contribution is -0.693. The Bertz CT molecular complexity index is 881. The summed E-state index contributed by atoms with van der Waals surface area (Å²) in [7, 11) is 1.54. The summed E-state index contributed by atoms with van der Waals surface area (Å²) in [5.41, 5.74) is 4.38. The van der Waals surface area contributed by atoms with Gasteiger partial charge in [0.1, 0.15) is 0 Å². The van der Waals surface area contributed by atoms with E-state index >= 15 is 0 Å². The predicted molar refractivity (Wildman–Crippen MR) is 99.1 cm³/mol. The first-order valence-electron chi connectivity index (χ1n) is 9.30. The maximum atomic E-state index is 10.2. The van der Waals surface area contributed by atoms with Gasteiger partial charge in [0.15, 0.2) is 22.3 Å². The average molecular weight is 385 g/mol. The lowest BCUT2D eigenvalue weighted by Crippen LogP contribution is -2.91. The van der Waals surface area contributed by atoms with Crippen LogP contribution in [0.25, 0.3) is 0 Å². The SMILES string of the molecule is CCOc1ccc([C@H]2[C@]3(C#N)C(N)=[NH+]C(OCC)(OCC)[C@]23C#N)cc1OC. The number of amidine groups is 1. The highest BCUT2D eigenvalue weighted by molar-refractivity contribution is 5.95. The molecule has 0 radical (unpaired) electrons. The molecule has 1 heterocycles. The minimum Gasteiger partial charge on any atom is -0.493 e. The second kappa shape index (κ2) is 6.97. The molecule has 2 aliphatic rings. The van der Waals surface area contributed by atoms with Gasteiger partial charge in [-0.1, -0.05) is 6.07 Å². The van der Waals surface area contributed by atoms with E-state index in [-0.39, 0.29) is 19.0 Å². The van der Waals surface area contributed by atoms with Gasteiger partial charge in [0.25, 0.3) is 5.84 Å². The van der Waals surface area contributed by atoms with Crippen LogP contribution in [-0.4, -0.2) is 38.7 Å². The summed E-state index contributed by atoms with van der Waals surface area (Å²) in [4.78, 5) is 2.96. The van der Waals surface area contributed by atoms with Crippen molar-refractivity contribution in [3.8, 4) is 23.6 Å². The maximum absolute atomic E-state index is 10.2. The van der Waals surface area contributed by atoms with Crippen LogP contribution in [0.15, 0.2) is 18.2 Å². The molecule has 3 rings (SSSR count). The summed E-state index contributed by atoms with van der Waals surface area (Å²) < 4.78 is 22.8. The minimum absolute atomic E-state index is 0.177. The zero-order valence-corrected chi connectivity index (χ0v) is 16.5. The summed E-state index contributed by atoms with van der Waals surface area (Å²) in [5, 5.41) is 20.3. The molecule has 3 N–H and O–H groups in total. The highest BCUT2D eigenvalue weighted by Gasteiger charge is 2.97. The summed E-state index contributed by atoms with van der Waals surface area (Å²) in [6, 6.07) is 9.97. The molecule has 3 atom stereocenters. The van der Waals surface area contributed by atoms with E-state index in [9.17, 15) is 10.5 Å². The Morgan fingerprint density at radius 1 is 1.07 bits per heavy atom. The van der Waals surface area contributed by atoms with E-state index in [1.165, 1.54) is 0 Å². The second-order valence-corrected chi connectivity index (χ2v) is 6.64. The molecule has 28 heavy (non-hydrogen) atoms. The zero-order valence-electron chi connectivity index (χ0n) is 16.5. The normalized spacial score (nSPS) is 29.2. The number of nitriles is 2. The Labute approximate surface area is 164 Å². The van der Waals surface area contributed by atoms with Gasteiger partial charge in [0.05, 0.1) is 39.1 Å². The maximum Gasteiger partial charge on any atom is 0.343 e. The molecule has 0 amide bonds. The standard InChI is InChI=1S/C20H24N4O4/c1-5-26-14-9-8-13(10-15(14)25-4)16-18(11-21)17(23)24-20(27-6-2,28-7-3)19(16,18)12-22/h8-10,16H,5-7H2,1-4H3,(H2,23,24)/p+1/t16-,18+,19+/m0/s1. The fourth-order valence-electron chi connectivity index (χ4n) is 4.49. The van der Waals surface area contributed by atoms with Crippen molar-refractivity contribution in [1.82, 2.24) is 0 Å². The largest absolute Gasteiger partial charge is 0.493 e. The van der Waals surface area contributed by atoms with Crippen molar-refractivity contribution in [3.05, 3.63) is 23.8 Å². The van der Waals surface area contributed by atoms with Crippen molar-refractivity contribution in [2.75, 3.05) is 26.9 Å². The topological polar surface area (TPSA) is 124 Å². The van der Waals surface area contributed by atoms with Gasteiger partial charge in [-0.2, -0.15) is 10.5 Å². The Kier molecular flexibility index (Phi) is 4.97. The Balaban J connectivity index is 2.17. The lowest BCUT2D eigenvalue weighted by Gasteiger charge is -2.29. The first-order chi connectivity index (χ1) is 13.5. The van der Waals surface area contributed by atoms with Crippen LogP contribution in [0.2, 0.25) is 0 Å². The van der Waals surface area contributed by atoms with Crippen LogP contribution in [0, 0.1) is 33.5 Å². The van der Waals surface area contributed by atoms with E-state index in [2.05, 4.69) is 17.1 Å². The van der Waals surface area contributed by atoms with Crippen molar-refractivity contribution < 1.29 is 23.9 Å². The molecule has 8 nitrogen and oxygen atoms in total. The molecule has 1 aliphatic heterocycles. The molecule has 1 fully saturated rings. The van der Waals surface area contributed by atoms with E-state index in [1.54, 1.807) is 33.1 Å². The fourth-order valence-corrected chi connectivity index (χ4v) is 4.49. The third-order valence-corrected chi connectivity index (χ3v) is 5.52. The Morgan fingerprint density at radius 2 is 1.75 bits per heavy atom.